The third-order valence-electron chi connectivity index (χ3n) is 4.16. The van der Waals surface area contributed by atoms with Gasteiger partial charge in [-0.25, -0.2) is 0 Å². The van der Waals surface area contributed by atoms with Crippen LogP contribution >= 0.6 is 0 Å². The zero-order chi connectivity index (χ0) is 14.4. The highest BCUT2D eigenvalue weighted by Crippen LogP contribution is 2.21. The maximum absolute atomic E-state index is 3.58. The molecule has 0 bridgehead atoms. The van der Waals surface area contributed by atoms with Crippen LogP contribution in [0.4, 0.5) is 0 Å². The molecule has 1 aromatic rings. The molecule has 1 aliphatic rings. The SMILES string of the molecule is CC(C)(C)NCCN1CCC(Cc2ccccc2)CC1. The van der Waals surface area contributed by atoms with E-state index in [9.17, 15) is 0 Å². The number of hydrogen-bond acceptors (Lipinski definition) is 2. The van der Waals surface area contributed by atoms with Gasteiger partial charge in [-0.15, -0.1) is 0 Å². The molecule has 1 aliphatic heterocycles. The van der Waals surface area contributed by atoms with Gasteiger partial charge >= 0.3 is 0 Å². The predicted octanol–water partition coefficient (Wildman–Crippen LogP) is 3.33. The monoisotopic (exact) mass is 274 g/mol. The molecule has 0 unspecified atom stereocenters. The molecule has 1 aromatic carbocycles. The predicted molar refractivity (Wildman–Crippen MR) is 87.1 cm³/mol. The Morgan fingerprint density at radius 3 is 2.35 bits per heavy atom. The van der Waals surface area contributed by atoms with Crippen LogP contribution in [-0.4, -0.2) is 36.6 Å². The van der Waals surface area contributed by atoms with Crippen molar-refractivity contribution in [2.45, 2.75) is 45.6 Å². The highest BCUT2D eigenvalue weighted by Gasteiger charge is 2.19. The number of nitrogens with zero attached hydrogens (tertiary/aromatic N) is 1. The van der Waals surface area contributed by atoms with E-state index < -0.39 is 0 Å². The summed E-state index contributed by atoms with van der Waals surface area (Å²) < 4.78 is 0. The van der Waals surface area contributed by atoms with Gasteiger partial charge in [0.2, 0.25) is 0 Å². The summed E-state index contributed by atoms with van der Waals surface area (Å²) in [5.74, 6) is 0.879. The number of benzene rings is 1. The minimum Gasteiger partial charge on any atom is -0.311 e. The van der Waals surface area contributed by atoms with Crippen molar-refractivity contribution >= 4 is 0 Å². The van der Waals surface area contributed by atoms with Crippen molar-refractivity contribution in [3.63, 3.8) is 0 Å². The number of nitrogens with one attached hydrogen (secondary N) is 1. The van der Waals surface area contributed by atoms with Gasteiger partial charge in [-0.2, -0.15) is 0 Å². The molecule has 0 radical (unpaired) electrons. The van der Waals surface area contributed by atoms with Gasteiger partial charge in [0.25, 0.3) is 0 Å². The smallest absolute Gasteiger partial charge is 0.0107 e. The Labute approximate surface area is 124 Å². The summed E-state index contributed by atoms with van der Waals surface area (Å²) in [5, 5.41) is 3.58. The van der Waals surface area contributed by atoms with E-state index >= 15 is 0 Å². The van der Waals surface area contributed by atoms with Crippen LogP contribution in [0, 0.1) is 5.92 Å². The minimum atomic E-state index is 0.242. The summed E-state index contributed by atoms with van der Waals surface area (Å²) >= 11 is 0. The first-order chi connectivity index (χ1) is 9.53. The van der Waals surface area contributed by atoms with E-state index in [2.05, 4.69) is 61.3 Å². The summed E-state index contributed by atoms with van der Waals surface area (Å²) in [4.78, 5) is 2.61. The molecule has 112 valence electrons. The second-order valence-electron chi connectivity index (χ2n) is 7.15. The van der Waals surface area contributed by atoms with Crippen LogP contribution in [-0.2, 0) is 6.42 Å². The van der Waals surface area contributed by atoms with Crippen LogP contribution < -0.4 is 5.32 Å². The van der Waals surface area contributed by atoms with Crippen LogP contribution in [0.15, 0.2) is 30.3 Å². The van der Waals surface area contributed by atoms with Crippen molar-refractivity contribution in [3.05, 3.63) is 35.9 Å². The van der Waals surface area contributed by atoms with Gasteiger partial charge in [-0.1, -0.05) is 30.3 Å². The molecule has 0 saturated carbocycles. The number of rotatable bonds is 5. The standard InChI is InChI=1S/C18H30N2/c1-18(2,3)19-11-14-20-12-9-17(10-13-20)15-16-7-5-4-6-8-16/h4-8,17,19H,9-15H2,1-3H3. The normalized spacial score (nSPS) is 18.4. The van der Waals surface area contributed by atoms with E-state index in [0.29, 0.717) is 0 Å². The highest BCUT2D eigenvalue weighted by atomic mass is 15.1. The van der Waals surface area contributed by atoms with Crippen molar-refractivity contribution in [3.8, 4) is 0 Å². The Balaban J connectivity index is 1.65. The molecule has 2 rings (SSSR count). The van der Waals surface area contributed by atoms with Crippen LogP contribution in [0.3, 0.4) is 0 Å². The summed E-state index contributed by atoms with van der Waals surface area (Å²) in [6.07, 6.45) is 3.96. The van der Waals surface area contributed by atoms with Crippen LogP contribution in [0.1, 0.15) is 39.2 Å². The van der Waals surface area contributed by atoms with E-state index in [0.717, 1.165) is 12.5 Å². The Morgan fingerprint density at radius 1 is 1.10 bits per heavy atom. The molecule has 2 heteroatoms. The summed E-state index contributed by atoms with van der Waals surface area (Å²) in [6.45, 7) is 11.5. The van der Waals surface area contributed by atoms with Crippen molar-refractivity contribution in [2.24, 2.45) is 5.92 Å². The van der Waals surface area contributed by atoms with Crippen LogP contribution in [0.5, 0.6) is 0 Å². The van der Waals surface area contributed by atoms with E-state index in [1.165, 1.54) is 44.5 Å². The summed E-state index contributed by atoms with van der Waals surface area (Å²) in [6, 6.07) is 10.9. The number of likely N-dealkylation sites (tertiary alicyclic amines) is 1. The molecule has 1 fully saturated rings. The lowest BCUT2D eigenvalue weighted by Gasteiger charge is -2.33. The Morgan fingerprint density at radius 2 is 1.75 bits per heavy atom. The van der Waals surface area contributed by atoms with Crippen molar-refractivity contribution in [1.29, 1.82) is 0 Å². The number of hydrogen-bond donors (Lipinski definition) is 1. The summed E-state index contributed by atoms with van der Waals surface area (Å²) in [5.41, 5.74) is 1.74. The van der Waals surface area contributed by atoms with E-state index in [1.807, 2.05) is 0 Å². The van der Waals surface area contributed by atoms with Gasteiger partial charge in [0.05, 0.1) is 0 Å². The fourth-order valence-corrected chi connectivity index (χ4v) is 2.95. The summed E-state index contributed by atoms with van der Waals surface area (Å²) in [7, 11) is 0. The second kappa shape index (κ2) is 7.24. The minimum absolute atomic E-state index is 0.242. The molecule has 0 amide bonds. The largest absolute Gasteiger partial charge is 0.311 e. The molecule has 1 saturated heterocycles. The molecule has 0 atom stereocenters. The maximum Gasteiger partial charge on any atom is 0.0107 e. The van der Waals surface area contributed by atoms with Crippen LogP contribution in [0.2, 0.25) is 0 Å². The molecular weight excluding hydrogens is 244 g/mol. The van der Waals surface area contributed by atoms with E-state index in [-0.39, 0.29) is 5.54 Å². The molecule has 1 heterocycles. The molecular formula is C18H30N2. The lowest BCUT2D eigenvalue weighted by Crippen LogP contribution is -2.43. The molecule has 20 heavy (non-hydrogen) atoms. The molecule has 0 spiro atoms. The average molecular weight is 274 g/mol. The number of piperidine rings is 1. The van der Waals surface area contributed by atoms with E-state index in [1.54, 1.807) is 0 Å². The van der Waals surface area contributed by atoms with Crippen LogP contribution in [0.25, 0.3) is 0 Å². The molecule has 1 N–H and O–H groups in total. The average Bonchev–Trinajstić information content (AvgIpc) is 2.41. The van der Waals surface area contributed by atoms with Crippen molar-refractivity contribution < 1.29 is 0 Å². The second-order valence-corrected chi connectivity index (χ2v) is 7.15. The fourth-order valence-electron chi connectivity index (χ4n) is 2.95. The van der Waals surface area contributed by atoms with E-state index in [4.69, 9.17) is 0 Å². The maximum atomic E-state index is 3.58. The van der Waals surface area contributed by atoms with Gasteiger partial charge in [-0.3, -0.25) is 0 Å². The molecule has 2 nitrogen and oxygen atoms in total. The third kappa shape index (κ3) is 5.64. The quantitative estimate of drug-likeness (QED) is 0.886. The van der Waals surface area contributed by atoms with Crippen molar-refractivity contribution in [1.82, 2.24) is 10.2 Å². The topological polar surface area (TPSA) is 15.3 Å². The Kier molecular flexibility index (Phi) is 5.62. The molecule has 0 aliphatic carbocycles. The highest BCUT2D eigenvalue weighted by molar-refractivity contribution is 5.15. The lowest BCUT2D eigenvalue weighted by molar-refractivity contribution is 0.180. The first kappa shape index (κ1) is 15.5. The van der Waals surface area contributed by atoms with Gasteiger partial charge in [0, 0.05) is 18.6 Å². The van der Waals surface area contributed by atoms with Gasteiger partial charge in [0.1, 0.15) is 0 Å². The Bertz CT molecular complexity index is 372. The zero-order valence-electron chi connectivity index (χ0n) is 13.4. The first-order valence-electron chi connectivity index (χ1n) is 8.04. The Hall–Kier alpha value is -0.860. The fraction of sp³-hybridized carbons (Fsp3) is 0.667. The molecule has 0 aromatic heterocycles. The van der Waals surface area contributed by atoms with Gasteiger partial charge < -0.3 is 10.2 Å². The first-order valence-corrected chi connectivity index (χ1v) is 8.04. The zero-order valence-corrected chi connectivity index (χ0v) is 13.4. The van der Waals surface area contributed by atoms with Crippen molar-refractivity contribution in [2.75, 3.05) is 26.2 Å². The third-order valence-corrected chi connectivity index (χ3v) is 4.16. The van der Waals surface area contributed by atoms with Gasteiger partial charge in [0.15, 0.2) is 0 Å². The van der Waals surface area contributed by atoms with Gasteiger partial charge in [-0.05, 0) is 64.6 Å². The lowest BCUT2D eigenvalue weighted by atomic mass is 9.90.